The second-order valence-corrected chi connectivity index (χ2v) is 2.12. The molecule has 0 spiro atoms. The average Bonchev–Trinajstić information content (AvgIpc) is 1.99. The minimum Gasteiger partial charge on any atom is -0.392 e. The molecule has 0 bridgehead atoms. The Bertz CT molecular complexity index is 347. The van der Waals surface area contributed by atoms with Gasteiger partial charge in [0.25, 0.3) is 6.43 Å². The van der Waals surface area contributed by atoms with Crippen LogP contribution < -0.4 is 11.2 Å². The Balaban J connectivity index is 3.31. The van der Waals surface area contributed by atoms with E-state index < -0.39 is 29.2 Å². The van der Waals surface area contributed by atoms with Gasteiger partial charge < -0.3 is 10.7 Å². The number of H-pyrrole nitrogens is 1. The van der Waals surface area contributed by atoms with Crippen molar-refractivity contribution in [2.24, 2.45) is 0 Å². The highest BCUT2D eigenvalue weighted by Gasteiger charge is 2.12. The van der Waals surface area contributed by atoms with Gasteiger partial charge in [-0.05, 0) is 0 Å². The molecule has 3 N–H and O–H groups in total. The molecule has 0 unspecified atom stereocenters. The second kappa shape index (κ2) is 2.88. The Hall–Kier alpha value is -1.46. The molecule has 1 aromatic rings. The maximum atomic E-state index is 12.5. The SMILES string of the molecule is Nc1c(F)[nH]c(C(F)F)cc1=O. The summed E-state index contributed by atoms with van der Waals surface area (Å²) in [5, 5.41) is 0. The molecule has 0 aliphatic heterocycles. The van der Waals surface area contributed by atoms with Crippen molar-refractivity contribution in [3.8, 4) is 0 Å². The predicted octanol–water partition coefficient (Wildman–Crippen LogP) is 1.03. The third-order valence-corrected chi connectivity index (χ3v) is 1.28. The van der Waals surface area contributed by atoms with Crippen LogP contribution in [-0.4, -0.2) is 4.98 Å². The third-order valence-electron chi connectivity index (χ3n) is 1.28. The van der Waals surface area contributed by atoms with Gasteiger partial charge in [-0.3, -0.25) is 4.79 Å². The number of aromatic amines is 1. The summed E-state index contributed by atoms with van der Waals surface area (Å²) in [6, 6.07) is 0.572. The van der Waals surface area contributed by atoms with Gasteiger partial charge in [-0.25, -0.2) is 8.78 Å². The highest BCUT2D eigenvalue weighted by molar-refractivity contribution is 5.36. The van der Waals surface area contributed by atoms with Gasteiger partial charge in [0.2, 0.25) is 11.4 Å². The van der Waals surface area contributed by atoms with Crippen LogP contribution in [0.1, 0.15) is 12.1 Å². The van der Waals surface area contributed by atoms with Crippen molar-refractivity contribution in [3.05, 3.63) is 27.9 Å². The predicted molar refractivity (Wildman–Crippen MR) is 36.4 cm³/mol. The molecule has 0 aromatic carbocycles. The molecule has 0 aliphatic carbocycles. The molecule has 3 nitrogen and oxygen atoms in total. The zero-order valence-corrected chi connectivity index (χ0v) is 5.77. The normalized spacial score (nSPS) is 10.7. The monoisotopic (exact) mass is 178 g/mol. The highest BCUT2D eigenvalue weighted by atomic mass is 19.3. The van der Waals surface area contributed by atoms with Crippen molar-refractivity contribution < 1.29 is 13.2 Å². The van der Waals surface area contributed by atoms with E-state index >= 15 is 0 Å². The Morgan fingerprint density at radius 3 is 2.50 bits per heavy atom. The smallest absolute Gasteiger partial charge is 0.278 e. The van der Waals surface area contributed by atoms with Crippen molar-refractivity contribution in [2.75, 3.05) is 5.73 Å². The third kappa shape index (κ3) is 1.41. The molecule has 0 saturated heterocycles. The van der Waals surface area contributed by atoms with Crippen molar-refractivity contribution >= 4 is 5.69 Å². The van der Waals surface area contributed by atoms with Gasteiger partial charge in [0.1, 0.15) is 5.69 Å². The number of anilines is 1. The summed E-state index contributed by atoms with van der Waals surface area (Å²) in [7, 11) is 0. The van der Waals surface area contributed by atoms with Gasteiger partial charge in [-0.15, -0.1) is 0 Å². The van der Waals surface area contributed by atoms with E-state index in [1.807, 2.05) is 0 Å². The van der Waals surface area contributed by atoms with Crippen LogP contribution in [0, 0.1) is 5.95 Å². The quantitative estimate of drug-likeness (QED) is 0.631. The fraction of sp³-hybridized carbons (Fsp3) is 0.167. The van der Waals surface area contributed by atoms with E-state index in [-0.39, 0.29) is 0 Å². The highest BCUT2D eigenvalue weighted by Crippen LogP contribution is 2.15. The molecule has 0 saturated carbocycles. The van der Waals surface area contributed by atoms with Gasteiger partial charge in [-0.1, -0.05) is 0 Å². The van der Waals surface area contributed by atoms with Crippen molar-refractivity contribution in [2.45, 2.75) is 6.43 Å². The number of hydrogen-bond acceptors (Lipinski definition) is 2. The van der Waals surface area contributed by atoms with Crippen LogP contribution in [0.25, 0.3) is 0 Å². The van der Waals surface area contributed by atoms with Crippen LogP contribution in [0.15, 0.2) is 10.9 Å². The van der Waals surface area contributed by atoms with E-state index in [1.54, 1.807) is 4.98 Å². The van der Waals surface area contributed by atoms with E-state index in [4.69, 9.17) is 5.73 Å². The van der Waals surface area contributed by atoms with E-state index in [0.717, 1.165) is 0 Å². The fourth-order valence-electron chi connectivity index (χ4n) is 0.675. The van der Waals surface area contributed by atoms with Crippen LogP contribution in [0.5, 0.6) is 0 Å². The fourth-order valence-corrected chi connectivity index (χ4v) is 0.675. The van der Waals surface area contributed by atoms with Crippen LogP contribution in [0.4, 0.5) is 18.9 Å². The van der Waals surface area contributed by atoms with Gasteiger partial charge in [0.05, 0.1) is 5.69 Å². The first-order valence-electron chi connectivity index (χ1n) is 2.98. The standard InChI is InChI=1S/C6H5F3N2O/c7-5(8)2-1-3(12)4(10)6(9)11-2/h1,5H,10H2,(H,11,12). The molecule has 0 atom stereocenters. The lowest BCUT2D eigenvalue weighted by Crippen LogP contribution is -2.13. The Labute approximate surface area is 65.0 Å². The van der Waals surface area contributed by atoms with Gasteiger partial charge in [0, 0.05) is 6.07 Å². The van der Waals surface area contributed by atoms with E-state index in [0.29, 0.717) is 6.07 Å². The Morgan fingerprint density at radius 1 is 1.50 bits per heavy atom. The summed E-state index contributed by atoms with van der Waals surface area (Å²) in [6.45, 7) is 0. The minimum absolute atomic E-state index is 0.572. The molecule has 6 heteroatoms. The summed E-state index contributed by atoms with van der Waals surface area (Å²) >= 11 is 0. The van der Waals surface area contributed by atoms with Crippen LogP contribution in [-0.2, 0) is 0 Å². The molecule has 0 amide bonds. The van der Waals surface area contributed by atoms with Crippen LogP contribution in [0.2, 0.25) is 0 Å². The van der Waals surface area contributed by atoms with Gasteiger partial charge >= 0.3 is 0 Å². The van der Waals surface area contributed by atoms with Gasteiger partial charge in [-0.2, -0.15) is 4.39 Å². The topological polar surface area (TPSA) is 58.9 Å². The molecule has 1 rings (SSSR count). The first kappa shape index (κ1) is 8.63. The molecule has 0 fully saturated rings. The van der Waals surface area contributed by atoms with E-state index in [2.05, 4.69) is 0 Å². The molecule has 66 valence electrons. The number of nitrogen functional groups attached to an aromatic ring is 1. The summed E-state index contributed by atoms with van der Waals surface area (Å²) in [5.74, 6) is -1.22. The van der Waals surface area contributed by atoms with Crippen LogP contribution in [0.3, 0.4) is 0 Å². The van der Waals surface area contributed by atoms with Crippen molar-refractivity contribution in [1.82, 2.24) is 4.98 Å². The number of nitrogens with two attached hydrogens (primary N) is 1. The summed E-state index contributed by atoms with van der Waals surface area (Å²) in [6.07, 6.45) is -2.91. The van der Waals surface area contributed by atoms with Crippen molar-refractivity contribution in [3.63, 3.8) is 0 Å². The zero-order chi connectivity index (χ0) is 9.30. The maximum Gasteiger partial charge on any atom is 0.278 e. The Morgan fingerprint density at radius 2 is 2.08 bits per heavy atom. The number of pyridine rings is 1. The molecular weight excluding hydrogens is 173 g/mol. The second-order valence-electron chi connectivity index (χ2n) is 2.12. The number of halogens is 3. The van der Waals surface area contributed by atoms with E-state index in [1.165, 1.54) is 0 Å². The molecule has 0 radical (unpaired) electrons. The lowest BCUT2D eigenvalue weighted by Gasteiger charge is -2.00. The number of aromatic nitrogens is 1. The van der Waals surface area contributed by atoms with Gasteiger partial charge in [0.15, 0.2) is 0 Å². The molecule has 12 heavy (non-hydrogen) atoms. The maximum absolute atomic E-state index is 12.5. The number of hydrogen-bond donors (Lipinski definition) is 2. The first-order chi connectivity index (χ1) is 5.52. The molecule has 1 heterocycles. The number of nitrogens with one attached hydrogen (secondary N) is 1. The van der Waals surface area contributed by atoms with E-state index in [9.17, 15) is 18.0 Å². The largest absolute Gasteiger partial charge is 0.392 e. The molecule has 0 aliphatic rings. The number of rotatable bonds is 1. The summed E-state index contributed by atoms with van der Waals surface area (Å²) in [5.41, 5.74) is 2.49. The minimum atomic E-state index is -2.91. The summed E-state index contributed by atoms with van der Waals surface area (Å²) in [4.78, 5) is 12.3. The zero-order valence-electron chi connectivity index (χ0n) is 5.77. The van der Waals surface area contributed by atoms with Crippen molar-refractivity contribution in [1.29, 1.82) is 0 Å². The first-order valence-corrected chi connectivity index (χ1v) is 2.98. The molecule has 1 aromatic heterocycles. The molecular formula is C6H5F3N2O. The lowest BCUT2D eigenvalue weighted by atomic mass is 10.3. The van der Waals surface area contributed by atoms with Crippen LogP contribution >= 0.6 is 0 Å². The Kier molecular flexibility index (Phi) is 2.07. The lowest BCUT2D eigenvalue weighted by molar-refractivity contribution is 0.144. The average molecular weight is 178 g/mol. The summed E-state index contributed by atoms with van der Waals surface area (Å²) < 4.78 is 36.2. The number of alkyl halides is 2.